The third-order valence-corrected chi connectivity index (χ3v) is 5.05. The van der Waals surface area contributed by atoms with Gasteiger partial charge in [-0.2, -0.15) is 0 Å². The molecule has 7 nitrogen and oxygen atoms in total. The van der Waals surface area contributed by atoms with E-state index in [0.29, 0.717) is 13.0 Å². The van der Waals surface area contributed by atoms with Crippen LogP contribution in [0.4, 0.5) is 0 Å². The highest BCUT2D eigenvalue weighted by molar-refractivity contribution is 5.81. The van der Waals surface area contributed by atoms with Gasteiger partial charge in [-0.1, -0.05) is 48.5 Å². The average Bonchev–Trinajstić information content (AvgIpc) is 3.44. The highest BCUT2D eigenvalue weighted by Crippen LogP contribution is 2.32. The summed E-state index contributed by atoms with van der Waals surface area (Å²) in [6, 6.07) is 17.6. The fourth-order valence-corrected chi connectivity index (χ4v) is 3.42. The molecule has 1 fully saturated rings. The van der Waals surface area contributed by atoms with Crippen LogP contribution in [0.25, 0.3) is 0 Å². The SMILES string of the molecule is COc1ccccc1CN(C(=O)C(Cc1ccccc1)n1cnnn1)C1CC1. The molecule has 28 heavy (non-hydrogen) atoms. The molecule has 1 aromatic heterocycles. The number of rotatable bonds is 8. The first-order valence-corrected chi connectivity index (χ1v) is 9.45. The van der Waals surface area contributed by atoms with Crippen molar-refractivity contribution in [1.82, 2.24) is 25.1 Å². The predicted octanol–water partition coefficient (Wildman–Crippen LogP) is 2.66. The van der Waals surface area contributed by atoms with Crippen LogP contribution < -0.4 is 4.74 Å². The Hall–Kier alpha value is -3.22. The average molecular weight is 377 g/mol. The van der Waals surface area contributed by atoms with Gasteiger partial charge in [0.1, 0.15) is 18.1 Å². The molecule has 1 aliphatic carbocycles. The van der Waals surface area contributed by atoms with Crippen molar-refractivity contribution in [2.45, 2.75) is 37.9 Å². The Morgan fingerprint density at radius 2 is 1.93 bits per heavy atom. The van der Waals surface area contributed by atoms with Crippen molar-refractivity contribution in [3.8, 4) is 5.75 Å². The summed E-state index contributed by atoms with van der Waals surface area (Å²) in [7, 11) is 1.65. The molecular formula is C21H23N5O2. The largest absolute Gasteiger partial charge is 0.496 e. The van der Waals surface area contributed by atoms with E-state index in [2.05, 4.69) is 15.5 Å². The van der Waals surface area contributed by atoms with E-state index in [0.717, 1.165) is 29.7 Å². The lowest BCUT2D eigenvalue weighted by Crippen LogP contribution is -2.39. The second kappa shape index (κ2) is 8.21. The predicted molar refractivity (Wildman–Crippen MR) is 104 cm³/mol. The number of carbonyl (C=O) groups excluding carboxylic acids is 1. The molecule has 0 spiro atoms. The lowest BCUT2D eigenvalue weighted by Gasteiger charge is -2.28. The van der Waals surface area contributed by atoms with Gasteiger partial charge in [0.2, 0.25) is 5.91 Å². The minimum absolute atomic E-state index is 0.0320. The molecule has 1 unspecified atom stereocenters. The van der Waals surface area contributed by atoms with Crippen LogP contribution in [0.1, 0.15) is 30.0 Å². The molecule has 3 aromatic rings. The van der Waals surface area contributed by atoms with Crippen molar-refractivity contribution >= 4 is 5.91 Å². The Balaban J connectivity index is 1.61. The minimum atomic E-state index is -0.479. The zero-order valence-corrected chi connectivity index (χ0v) is 15.8. The van der Waals surface area contributed by atoms with Gasteiger partial charge < -0.3 is 9.64 Å². The standard InChI is InChI=1S/C21H23N5O2/c1-28-20-10-6-5-9-17(20)14-25(18-11-12-18)21(27)19(26-15-22-23-24-26)13-16-7-3-2-4-8-16/h2-10,15,18-19H,11-14H2,1H3. The van der Waals surface area contributed by atoms with Crippen LogP contribution in [0.3, 0.4) is 0 Å². The molecule has 144 valence electrons. The van der Waals surface area contributed by atoms with Gasteiger partial charge in [-0.25, -0.2) is 4.68 Å². The van der Waals surface area contributed by atoms with Crippen LogP contribution in [-0.2, 0) is 17.8 Å². The van der Waals surface area contributed by atoms with Crippen LogP contribution in [0.2, 0.25) is 0 Å². The van der Waals surface area contributed by atoms with Gasteiger partial charge in [0, 0.05) is 24.6 Å². The number of hydrogen-bond donors (Lipinski definition) is 0. The normalized spacial score (nSPS) is 14.5. The number of hydrogen-bond acceptors (Lipinski definition) is 5. The van der Waals surface area contributed by atoms with Crippen LogP contribution in [-0.4, -0.2) is 44.2 Å². The maximum Gasteiger partial charge on any atom is 0.248 e. The summed E-state index contributed by atoms with van der Waals surface area (Å²) < 4.78 is 7.04. The molecule has 0 bridgehead atoms. The summed E-state index contributed by atoms with van der Waals surface area (Å²) in [5.74, 6) is 0.826. The van der Waals surface area contributed by atoms with Crippen LogP contribution in [0.5, 0.6) is 5.75 Å². The number of nitrogens with zero attached hydrogens (tertiary/aromatic N) is 5. The number of benzene rings is 2. The van der Waals surface area contributed by atoms with Crippen molar-refractivity contribution in [2.75, 3.05) is 7.11 Å². The van der Waals surface area contributed by atoms with E-state index in [1.165, 1.54) is 6.33 Å². The van der Waals surface area contributed by atoms with E-state index in [1.54, 1.807) is 11.8 Å². The van der Waals surface area contributed by atoms with Crippen LogP contribution >= 0.6 is 0 Å². The molecule has 0 N–H and O–H groups in total. The molecule has 1 saturated carbocycles. The third kappa shape index (κ3) is 4.03. The number of carbonyl (C=O) groups is 1. The molecular weight excluding hydrogens is 354 g/mol. The summed E-state index contributed by atoms with van der Waals surface area (Å²) >= 11 is 0. The van der Waals surface area contributed by atoms with Crippen molar-refractivity contribution < 1.29 is 9.53 Å². The number of tetrazole rings is 1. The molecule has 0 radical (unpaired) electrons. The smallest absolute Gasteiger partial charge is 0.248 e. The molecule has 2 aromatic carbocycles. The van der Waals surface area contributed by atoms with Crippen molar-refractivity contribution in [3.05, 3.63) is 72.1 Å². The van der Waals surface area contributed by atoms with Gasteiger partial charge in [-0.05, 0) is 34.9 Å². The zero-order valence-electron chi connectivity index (χ0n) is 15.8. The minimum Gasteiger partial charge on any atom is -0.496 e. The second-order valence-electron chi connectivity index (χ2n) is 7.00. The Kier molecular flexibility index (Phi) is 5.32. The van der Waals surface area contributed by atoms with Crippen molar-refractivity contribution in [3.63, 3.8) is 0 Å². The van der Waals surface area contributed by atoms with Crippen molar-refractivity contribution in [1.29, 1.82) is 0 Å². The maximum atomic E-state index is 13.6. The van der Waals surface area contributed by atoms with E-state index in [-0.39, 0.29) is 11.9 Å². The topological polar surface area (TPSA) is 73.1 Å². The summed E-state index contributed by atoms with van der Waals surface area (Å²) in [5.41, 5.74) is 2.07. The van der Waals surface area contributed by atoms with Gasteiger partial charge >= 0.3 is 0 Å². The van der Waals surface area contributed by atoms with E-state index in [1.807, 2.05) is 59.5 Å². The summed E-state index contributed by atoms with van der Waals surface area (Å²) in [6.07, 6.45) is 4.10. The van der Waals surface area contributed by atoms with Gasteiger partial charge in [-0.15, -0.1) is 5.10 Å². The van der Waals surface area contributed by atoms with Gasteiger partial charge in [0.05, 0.1) is 7.11 Å². The van der Waals surface area contributed by atoms with Crippen LogP contribution in [0.15, 0.2) is 60.9 Å². The number of ether oxygens (including phenoxy) is 1. The van der Waals surface area contributed by atoms with Crippen molar-refractivity contribution in [2.24, 2.45) is 0 Å². The van der Waals surface area contributed by atoms with Gasteiger partial charge in [-0.3, -0.25) is 4.79 Å². The summed E-state index contributed by atoms with van der Waals surface area (Å²) in [5, 5.41) is 11.5. The molecule has 0 saturated heterocycles. The lowest BCUT2D eigenvalue weighted by molar-refractivity contribution is -0.136. The fraction of sp³-hybridized carbons (Fsp3) is 0.333. The van der Waals surface area contributed by atoms with E-state index < -0.39 is 6.04 Å². The molecule has 1 amide bonds. The van der Waals surface area contributed by atoms with E-state index >= 15 is 0 Å². The van der Waals surface area contributed by atoms with Crippen LogP contribution in [0, 0.1) is 0 Å². The first kappa shape index (κ1) is 18.2. The summed E-state index contributed by atoms with van der Waals surface area (Å²) in [6.45, 7) is 0.515. The number of para-hydroxylation sites is 1. The summed E-state index contributed by atoms with van der Waals surface area (Å²) in [4.78, 5) is 15.6. The number of methoxy groups -OCH3 is 1. The number of aromatic nitrogens is 4. The Morgan fingerprint density at radius 1 is 1.18 bits per heavy atom. The Bertz CT molecular complexity index is 910. The lowest BCUT2D eigenvalue weighted by atomic mass is 10.0. The Morgan fingerprint density at radius 3 is 2.61 bits per heavy atom. The van der Waals surface area contributed by atoms with Gasteiger partial charge in [0.15, 0.2) is 0 Å². The quantitative estimate of drug-likeness (QED) is 0.603. The number of amides is 1. The molecule has 1 heterocycles. The fourth-order valence-electron chi connectivity index (χ4n) is 3.42. The molecule has 1 aliphatic rings. The highest BCUT2D eigenvalue weighted by atomic mass is 16.5. The Labute approximate surface area is 163 Å². The first-order chi connectivity index (χ1) is 13.8. The molecule has 4 rings (SSSR count). The molecule has 7 heteroatoms. The van der Waals surface area contributed by atoms with Gasteiger partial charge in [0.25, 0.3) is 0 Å². The van der Waals surface area contributed by atoms with E-state index in [9.17, 15) is 4.79 Å². The second-order valence-corrected chi connectivity index (χ2v) is 7.00. The highest BCUT2D eigenvalue weighted by Gasteiger charge is 2.37. The third-order valence-electron chi connectivity index (χ3n) is 5.05. The first-order valence-electron chi connectivity index (χ1n) is 9.45. The molecule has 0 aliphatic heterocycles. The van der Waals surface area contributed by atoms with E-state index in [4.69, 9.17) is 4.74 Å². The zero-order chi connectivity index (χ0) is 19.3. The maximum absolute atomic E-state index is 13.6. The molecule has 1 atom stereocenters. The monoisotopic (exact) mass is 377 g/mol.